The minimum Gasteiger partial charge on any atom is -0.490 e. The fraction of sp³-hybridized carbons (Fsp3) is 0.462. The third-order valence-electron chi connectivity index (χ3n) is 6.80. The number of carbonyl (C=O) groups excluding carboxylic acids is 2. The van der Waals surface area contributed by atoms with Crippen molar-refractivity contribution in [1.82, 2.24) is 10.3 Å². The van der Waals surface area contributed by atoms with Gasteiger partial charge in [0.05, 0.1) is 28.9 Å². The number of hydrogen-bond donors (Lipinski definition) is 1. The highest BCUT2D eigenvalue weighted by molar-refractivity contribution is 5.94. The number of anilines is 1. The number of halogens is 3. The van der Waals surface area contributed by atoms with Crippen LogP contribution in [-0.4, -0.2) is 42.4 Å². The summed E-state index contributed by atoms with van der Waals surface area (Å²) in [4.78, 5) is 30.1. The summed E-state index contributed by atoms with van der Waals surface area (Å²) < 4.78 is 45.3. The average Bonchev–Trinajstić information content (AvgIpc) is 2.89. The SMILES string of the molecule is N#Cc1ccc(O[C@H]2CC[C@H](NC(=O)c3ccc(N4CCC(C=O)CC4)nc3)CC2)cc1C(F)(F)F. The Labute approximate surface area is 207 Å². The van der Waals surface area contributed by atoms with Crippen LogP contribution in [0, 0.1) is 17.2 Å². The number of amides is 1. The average molecular weight is 501 g/mol. The fourth-order valence-corrected chi connectivity index (χ4v) is 4.69. The van der Waals surface area contributed by atoms with Crippen LogP contribution in [0.5, 0.6) is 5.75 Å². The second-order valence-corrected chi connectivity index (χ2v) is 9.25. The summed E-state index contributed by atoms with van der Waals surface area (Å²) >= 11 is 0. The normalized spacial score (nSPS) is 20.9. The van der Waals surface area contributed by atoms with E-state index in [4.69, 9.17) is 10.00 Å². The Morgan fingerprint density at radius 2 is 1.83 bits per heavy atom. The molecule has 1 aliphatic heterocycles. The Morgan fingerprint density at radius 1 is 1.11 bits per heavy atom. The number of nitriles is 1. The molecule has 2 fully saturated rings. The second kappa shape index (κ2) is 11.0. The molecule has 2 heterocycles. The number of rotatable bonds is 6. The molecule has 10 heteroatoms. The molecule has 2 aliphatic rings. The maximum Gasteiger partial charge on any atom is 0.417 e. The number of alkyl halides is 3. The number of piperidine rings is 1. The highest BCUT2D eigenvalue weighted by atomic mass is 19.4. The van der Waals surface area contributed by atoms with Crippen LogP contribution in [0.25, 0.3) is 0 Å². The Hall–Kier alpha value is -3.61. The van der Waals surface area contributed by atoms with E-state index in [1.165, 1.54) is 6.07 Å². The van der Waals surface area contributed by atoms with E-state index in [0.29, 0.717) is 31.2 Å². The number of carbonyl (C=O) groups is 2. The van der Waals surface area contributed by atoms with E-state index in [2.05, 4.69) is 15.2 Å². The van der Waals surface area contributed by atoms with Gasteiger partial charge in [-0.2, -0.15) is 18.4 Å². The molecule has 1 aromatic carbocycles. The molecule has 1 N–H and O–H groups in total. The maximum absolute atomic E-state index is 13.2. The van der Waals surface area contributed by atoms with E-state index in [1.54, 1.807) is 18.3 Å². The van der Waals surface area contributed by atoms with Gasteiger partial charge in [0.1, 0.15) is 17.9 Å². The topological polar surface area (TPSA) is 95.3 Å². The number of nitrogens with zero attached hydrogens (tertiary/aromatic N) is 3. The van der Waals surface area contributed by atoms with Crippen molar-refractivity contribution in [3.63, 3.8) is 0 Å². The summed E-state index contributed by atoms with van der Waals surface area (Å²) in [6.07, 6.45) is 1.70. The van der Waals surface area contributed by atoms with Crippen molar-refractivity contribution in [2.24, 2.45) is 5.92 Å². The molecule has 0 bridgehead atoms. The van der Waals surface area contributed by atoms with Crippen LogP contribution in [-0.2, 0) is 11.0 Å². The van der Waals surface area contributed by atoms with Gasteiger partial charge in [0.2, 0.25) is 0 Å². The van der Waals surface area contributed by atoms with E-state index in [0.717, 1.165) is 50.2 Å². The summed E-state index contributed by atoms with van der Waals surface area (Å²) in [6.45, 7) is 1.51. The quantitative estimate of drug-likeness (QED) is 0.587. The number of ether oxygens (including phenoxy) is 1. The Balaban J connectivity index is 1.26. The van der Waals surface area contributed by atoms with Crippen LogP contribution < -0.4 is 15.0 Å². The van der Waals surface area contributed by atoms with Gasteiger partial charge in [-0.15, -0.1) is 0 Å². The number of aldehydes is 1. The van der Waals surface area contributed by atoms with Crippen LogP contribution in [0.15, 0.2) is 36.5 Å². The highest BCUT2D eigenvalue weighted by Gasteiger charge is 2.34. The van der Waals surface area contributed by atoms with Gasteiger partial charge < -0.3 is 19.7 Å². The molecule has 2 aromatic rings. The summed E-state index contributed by atoms with van der Waals surface area (Å²) in [5, 5.41) is 11.9. The molecule has 1 amide bonds. The van der Waals surface area contributed by atoms with Crippen molar-refractivity contribution in [1.29, 1.82) is 5.26 Å². The maximum atomic E-state index is 13.2. The Morgan fingerprint density at radius 3 is 2.42 bits per heavy atom. The lowest BCUT2D eigenvalue weighted by Crippen LogP contribution is -2.39. The molecule has 1 aromatic heterocycles. The van der Waals surface area contributed by atoms with E-state index in [-0.39, 0.29) is 29.7 Å². The molecule has 4 rings (SSSR count). The van der Waals surface area contributed by atoms with Crippen molar-refractivity contribution in [3.05, 3.63) is 53.2 Å². The Bertz CT molecular complexity index is 1110. The lowest BCUT2D eigenvalue weighted by atomic mass is 9.92. The third-order valence-corrected chi connectivity index (χ3v) is 6.80. The summed E-state index contributed by atoms with van der Waals surface area (Å²) in [7, 11) is 0. The predicted octanol–water partition coefficient (Wildman–Crippen LogP) is 4.51. The van der Waals surface area contributed by atoms with Gasteiger partial charge in [0, 0.05) is 31.2 Å². The lowest BCUT2D eigenvalue weighted by molar-refractivity contribution is -0.138. The minimum absolute atomic E-state index is 0.0638. The van der Waals surface area contributed by atoms with Crippen LogP contribution in [0.2, 0.25) is 0 Å². The first kappa shape index (κ1) is 25.5. The number of aromatic nitrogens is 1. The molecule has 0 atom stereocenters. The molecule has 7 nitrogen and oxygen atoms in total. The van der Waals surface area contributed by atoms with Gasteiger partial charge >= 0.3 is 6.18 Å². The van der Waals surface area contributed by atoms with E-state index in [9.17, 15) is 22.8 Å². The molecule has 0 radical (unpaired) electrons. The predicted molar refractivity (Wildman–Crippen MR) is 126 cm³/mol. The zero-order valence-electron chi connectivity index (χ0n) is 19.6. The van der Waals surface area contributed by atoms with Gasteiger partial charge in [-0.05, 0) is 68.9 Å². The van der Waals surface area contributed by atoms with Crippen LogP contribution in [0.4, 0.5) is 19.0 Å². The van der Waals surface area contributed by atoms with Crippen molar-refractivity contribution in [2.75, 3.05) is 18.0 Å². The molecule has 1 saturated carbocycles. The van der Waals surface area contributed by atoms with Crippen molar-refractivity contribution in [3.8, 4) is 11.8 Å². The van der Waals surface area contributed by atoms with Crippen molar-refractivity contribution in [2.45, 2.75) is 56.8 Å². The second-order valence-electron chi connectivity index (χ2n) is 9.25. The number of benzene rings is 1. The number of hydrogen-bond acceptors (Lipinski definition) is 6. The molecule has 1 aliphatic carbocycles. The van der Waals surface area contributed by atoms with Crippen molar-refractivity contribution >= 4 is 18.0 Å². The molecule has 36 heavy (non-hydrogen) atoms. The number of nitrogens with one attached hydrogen (secondary N) is 1. The molecule has 190 valence electrons. The molecule has 1 saturated heterocycles. The number of pyridine rings is 1. The van der Waals surface area contributed by atoms with Crippen LogP contribution in [0.1, 0.15) is 60.0 Å². The minimum atomic E-state index is -4.63. The summed E-state index contributed by atoms with van der Waals surface area (Å²) in [5.41, 5.74) is -0.989. The molecular formula is C26H27F3N4O3. The summed E-state index contributed by atoms with van der Waals surface area (Å²) in [5.74, 6) is 0.744. The van der Waals surface area contributed by atoms with E-state index < -0.39 is 17.3 Å². The summed E-state index contributed by atoms with van der Waals surface area (Å²) in [6, 6.07) is 8.41. The van der Waals surface area contributed by atoms with Crippen LogP contribution in [0.3, 0.4) is 0 Å². The van der Waals surface area contributed by atoms with Crippen LogP contribution >= 0.6 is 0 Å². The van der Waals surface area contributed by atoms with E-state index in [1.807, 2.05) is 6.07 Å². The van der Waals surface area contributed by atoms with Gasteiger partial charge in [0.25, 0.3) is 5.91 Å². The standard InChI is InChI=1S/C26H27F3N4O3/c27-26(28,29)23-13-22(5-1-18(23)14-30)36-21-6-3-20(4-7-21)32-25(35)19-2-8-24(31-15-19)33-11-9-17(16-34)10-12-33/h1-2,5,8,13,15-17,20-21H,3-4,6-7,9-12H2,(H,32,35)/t20-,21-. The smallest absolute Gasteiger partial charge is 0.417 e. The first-order valence-electron chi connectivity index (χ1n) is 12.0. The monoisotopic (exact) mass is 500 g/mol. The fourth-order valence-electron chi connectivity index (χ4n) is 4.69. The van der Waals surface area contributed by atoms with Crippen molar-refractivity contribution < 1.29 is 27.5 Å². The molecule has 0 spiro atoms. The first-order chi connectivity index (χ1) is 17.3. The highest BCUT2D eigenvalue weighted by Crippen LogP contribution is 2.35. The lowest BCUT2D eigenvalue weighted by Gasteiger charge is -2.31. The van der Waals surface area contributed by atoms with Gasteiger partial charge in [-0.3, -0.25) is 4.79 Å². The molecular weight excluding hydrogens is 473 g/mol. The zero-order valence-corrected chi connectivity index (χ0v) is 19.6. The van der Waals surface area contributed by atoms with Gasteiger partial charge in [0.15, 0.2) is 0 Å². The first-order valence-corrected chi connectivity index (χ1v) is 12.0. The van der Waals surface area contributed by atoms with E-state index >= 15 is 0 Å². The zero-order chi connectivity index (χ0) is 25.7. The molecule has 0 unspecified atom stereocenters. The Kier molecular flexibility index (Phi) is 7.77. The van der Waals surface area contributed by atoms with Gasteiger partial charge in [-0.1, -0.05) is 0 Å². The van der Waals surface area contributed by atoms with Gasteiger partial charge in [-0.25, -0.2) is 4.98 Å². The third kappa shape index (κ3) is 6.14. The largest absolute Gasteiger partial charge is 0.490 e.